The molecule has 0 amide bonds. The van der Waals surface area contributed by atoms with Crippen LogP contribution in [0.15, 0.2) is 18.2 Å². The Morgan fingerprint density at radius 1 is 1.29 bits per heavy atom. The van der Waals surface area contributed by atoms with Gasteiger partial charge in [-0.1, -0.05) is 26.8 Å². The summed E-state index contributed by atoms with van der Waals surface area (Å²) in [6.45, 7) is 10.4. The minimum atomic E-state index is 0.347. The summed E-state index contributed by atoms with van der Waals surface area (Å²) >= 11 is 0. The van der Waals surface area contributed by atoms with Gasteiger partial charge in [0.05, 0.1) is 0 Å². The van der Waals surface area contributed by atoms with Gasteiger partial charge in [-0.25, -0.2) is 0 Å². The number of nitrogens with zero attached hydrogens (tertiary/aromatic N) is 1. The van der Waals surface area contributed by atoms with Crippen molar-refractivity contribution in [2.45, 2.75) is 45.8 Å². The van der Waals surface area contributed by atoms with Crippen LogP contribution in [-0.2, 0) is 6.54 Å². The van der Waals surface area contributed by atoms with E-state index in [0.29, 0.717) is 24.8 Å². The molecule has 1 aromatic rings. The zero-order chi connectivity index (χ0) is 14.8. The molecule has 2 aliphatic heterocycles. The average molecular weight is 290 g/mol. The predicted molar refractivity (Wildman–Crippen MR) is 83.7 cm³/mol. The zero-order valence-electron chi connectivity index (χ0n) is 13.3. The molecule has 1 fully saturated rings. The monoisotopic (exact) mass is 290 g/mol. The molecule has 0 spiro atoms. The normalized spacial score (nSPS) is 25.5. The van der Waals surface area contributed by atoms with Gasteiger partial charge < -0.3 is 14.8 Å². The van der Waals surface area contributed by atoms with E-state index in [4.69, 9.17) is 9.47 Å². The Bertz CT molecular complexity index is 490. The second-order valence-electron chi connectivity index (χ2n) is 6.44. The molecule has 0 aromatic heterocycles. The van der Waals surface area contributed by atoms with Gasteiger partial charge >= 0.3 is 0 Å². The van der Waals surface area contributed by atoms with Gasteiger partial charge in [0.15, 0.2) is 11.5 Å². The van der Waals surface area contributed by atoms with Crippen molar-refractivity contribution in [3.63, 3.8) is 0 Å². The van der Waals surface area contributed by atoms with Crippen LogP contribution in [0.2, 0.25) is 0 Å². The van der Waals surface area contributed by atoms with Crippen molar-refractivity contribution in [1.29, 1.82) is 0 Å². The van der Waals surface area contributed by atoms with E-state index < -0.39 is 0 Å². The van der Waals surface area contributed by atoms with Crippen molar-refractivity contribution in [1.82, 2.24) is 10.2 Å². The topological polar surface area (TPSA) is 33.7 Å². The summed E-state index contributed by atoms with van der Waals surface area (Å²) in [5, 5.41) is 3.69. The van der Waals surface area contributed by atoms with Crippen LogP contribution in [-0.4, -0.2) is 36.9 Å². The predicted octanol–water partition coefficient (Wildman–Crippen LogP) is 2.62. The fourth-order valence-corrected chi connectivity index (χ4v) is 3.20. The van der Waals surface area contributed by atoms with E-state index in [1.165, 1.54) is 12.0 Å². The first-order valence-electron chi connectivity index (χ1n) is 8.03. The lowest BCUT2D eigenvalue weighted by atomic mass is 9.98. The molecule has 1 aromatic carbocycles. The first-order chi connectivity index (χ1) is 10.2. The van der Waals surface area contributed by atoms with Crippen LogP contribution in [0.25, 0.3) is 0 Å². The summed E-state index contributed by atoms with van der Waals surface area (Å²) in [7, 11) is 0. The maximum absolute atomic E-state index is 5.49. The number of piperazine rings is 1. The molecule has 2 aliphatic rings. The molecule has 3 rings (SSSR count). The number of fused-ring (bicyclic) bond motifs is 1. The van der Waals surface area contributed by atoms with Crippen LogP contribution >= 0.6 is 0 Å². The Morgan fingerprint density at radius 3 is 2.86 bits per heavy atom. The van der Waals surface area contributed by atoms with Gasteiger partial charge in [-0.2, -0.15) is 0 Å². The molecular formula is C17H26N2O2. The summed E-state index contributed by atoms with van der Waals surface area (Å²) in [6.07, 6.45) is 1.18. The smallest absolute Gasteiger partial charge is 0.231 e. The maximum atomic E-state index is 5.49. The quantitative estimate of drug-likeness (QED) is 0.924. The molecule has 2 heterocycles. The first-order valence-corrected chi connectivity index (χ1v) is 8.03. The number of hydrogen-bond donors (Lipinski definition) is 1. The molecule has 4 heteroatoms. The van der Waals surface area contributed by atoms with Crippen LogP contribution in [0.4, 0.5) is 0 Å². The lowest BCUT2D eigenvalue weighted by Gasteiger charge is -2.41. The van der Waals surface area contributed by atoms with Crippen molar-refractivity contribution >= 4 is 0 Å². The molecule has 2 atom stereocenters. The lowest BCUT2D eigenvalue weighted by Crippen LogP contribution is -2.57. The van der Waals surface area contributed by atoms with Gasteiger partial charge in [-0.15, -0.1) is 0 Å². The summed E-state index contributed by atoms with van der Waals surface area (Å²) in [6, 6.07) is 7.52. The molecule has 0 saturated carbocycles. The van der Waals surface area contributed by atoms with E-state index >= 15 is 0 Å². The van der Waals surface area contributed by atoms with E-state index in [2.05, 4.69) is 43.1 Å². The third kappa shape index (κ3) is 3.16. The molecule has 0 radical (unpaired) electrons. The molecule has 1 N–H and O–H groups in total. The van der Waals surface area contributed by atoms with Gasteiger partial charge in [0.1, 0.15) is 0 Å². The summed E-state index contributed by atoms with van der Waals surface area (Å²) in [4.78, 5) is 2.61. The highest BCUT2D eigenvalue weighted by Gasteiger charge is 2.28. The van der Waals surface area contributed by atoms with Crippen LogP contribution in [0.1, 0.15) is 32.8 Å². The summed E-state index contributed by atoms with van der Waals surface area (Å²) in [5.74, 6) is 2.42. The standard InChI is InChI=1S/C17H26N2O2/c1-4-14-8-18-15(12(2)3)10-19(14)9-13-5-6-16-17(7-13)21-11-20-16/h5-7,12,14-15,18H,4,8-11H2,1-3H3. The molecule has 0 aliphatic carbocycles. The second kappa shape index (κ2) is 6.24. The van der Waals surface area contributed by atoms with Gasteiger partial charge in [-0.3, -0.25) is 4.90 Å². The number of hydrogen-bond acceptors (Lipinski definition) is 4. The maximum Gasteiger partial charge on any atom is 0.231 e. The molecule has 0 bridgehead atoms. The van der Waals surface area contributed by atoms with Crippen LogP contribution < -0.4 is 14.8 Å². The Morgan fingerprint density at radius 2 is 2.10 bits per heavy atom. The molecule has 2 unspecified atom stereocenters. The van der Waals surface area contributed by atoms with E-state index in [-0.39, 0.29) is 0 Å². The van der Waals surface area contributed by atoms with Gasteiger partial charge in [0.2, 0.25) is 6.79 Å². The highest BCUT2D eigenvalue weighted by molar-refractivity contribution is 5.44. The minimum absolute atomic E-state index is 0.347. The van der Waals surface area contributed by atoms with Crippen LogP contribution in [0, 0.1) is 5.92 Å². The van der Waals surface area contributed by atoms with Crippen molar-refractivity contribution in [2.24, 2.45) is 5.92 Å². The third-order valence-corrected chi connectivity index (χ3v) is 4.66. The largest absolute Gasteiger partial charge is 0.454 e. The molecule has 1 saturated heterocycles. The van der Waals surface area contributed by atoms with Crippen molar-refractivity contribution < 1.29 is 9.47 Å². The lowest BCUT2D eigenvalue weighted by molar-refractivity contribution is 0.103. The molecular weight excluding hydrogens is 264 g/mol. The van der Waals surface area contributed by atoms with E-state index in [0.717, 1.165) is 31.1 Å². The Balaban J connectivity index is 1.71. The Hall–Kier alpha value is -1.26. The minimum Gasteiger partial charge on any atom is -0.454 e. The average Bonchev–Trinajstić information content (AvgIpc) is 2.94. The van der Waals surface area contributed by atoms with E-state index in [9.17, 15) is 0 Å². The molecule has 21 heavy (non-hydrogen) atoms. The SMILES string of the molecule is CCC1CNC(C(C)C)CN1Cc1ccc2c(c1)OCO2. The fraction of sp³-hybridized carbons (Fsp3) is 0.647. The van der Waals surface area contributed by atoms with Crippen molar-refractivity contribution in [3.8, 4) is 11.5 Å². The van der Waals surface area contributed by atoms with Gasteiger partial charge in [0, 0.05) is 31.7 Å². The Labute approximate surface area is 127 Å². The number of nitrogens with one attached hydrogen (secondary N) is 1. The molecule has 116 valence electrons. The van der Waals surface area contributed by atoms with Crippen molar-refractivity contribution in [2.75, 3.05) is 19.9 Å². The summed E-state index contributed by atoms with van der Waals surface area (Å²) in [5.41, 5.74) is 1.31. The van der Waals surface area contributed by atoms with Gasteiger partial charge in [-0.05, 0) is 30.0 Å². The number of ether oxygens (including phenoxy) is 2. The highest BCUT2D eigenvalue weighted by Crippen LogP contribution is 2.33. The van der Waals surface area contributed by atoms with E-state index in [1.54, 1.807) is 0 Å². The highest BCUT2D eigenvalue weighted by atomic mass is 16.7. The second-order valence-corrected chi connectivity index (χ2v) is 6.44. The zero-order valence-corrected chi connectivity index (χ0v) is 13.3. The summed E-state index contributed by atoms with van der Waals surface area (Å²) < 4.78 is 10.9. The van der Waals surface area contributed by atoms with Crippen LogP contribution in [0.3, 0.4) is 0 Å². The van der Waals surface area contributed by atoms with Crippen molar-refractivity contribution in [3.05, 3.63) is 23.8 Å². The number of rotatable bonds is 4. The van der Waals surface area contributed by atoms with Crippen LogP contribution in [0.5, 0.6) is 11.5 Å². The third-order valence-electron chi connectivity index (χ3n) is 4.66. The first kappa shape index (κ1) is 14.7. The van der Waals surface area contributed by atoms with E-state index in [1.807, 2.05) is 6.07 Å². The molecule has 4 nitrogen and oxygen atoms in total. The Kier molecular flexibility index (Phi) is 4.36. The number of benzene rings is 1. The fourth-order valence-electron chi connectivity index (χ4n) is 3.20. The van der Waals surface area contributed by atoms with Gasteiger partial charge in [0.25, 0.3) is 0 Å².